The van der Waals surface area contributed by atoms with Crippen molar-refractivity contribution >= 4 is 12.1 Å². The van der Waals surface area contributed by atoms with E-state index in [1.165, 1.54) is 12.1 Å². The van der Waals surface area contributed by atoms with Gasteiger partial charge in [0.1, 0.15) is 5.84 Å². The van der Waals surface area contributed by atoms with Gasteiger partial charge in [0, 0.05) is 6.21 Å². The zero-order chi connectivity index (χ0) is 15.8. The molecule has 1 aromatic carbocycles. The van der Waals surface area contributed by atoms with Crippen molar-refractivity contribution in [2.45, 2.75) is 37.6 Å². The summed E-state index contributed by atoms with van der Waals surface area (Å²) in [6.07, 6.45) is -4.98. The molecule has 1 aromatic rings. The van der Waals surface area contributed by atoms with Crippen molar-refractivity contribution in [3.05, 3.63) is 35.4 Å². The van der Waals surface area contributed by atoms with Crippen molar-refractivity contribution in [3.8, 4) is 0 Å². The van der Waals surface area contributed by atoms with Gasteiger partial charge in [-0.3, -0.25) is 10.7 Å². The molecule has 1 aliphatic heterocycles. The van der Waals surface area contributed by atoms with Crippen LogP contribution < -0.4 is 11.5 Å². The average molecular weight is 298 g/mol. The van der Waals surface area contributed by atoms with Crippen LogP contribution in [0.25, 0.3) is 0 Å². The number of benzene rings is 1. The summed E-state index contributed by atoms with van der Waals surface area (Å²) in [5.41, 5.74) is 9.28. The van der Waals surface area contributed by atoms with E-state index in [0.717, 1.165) is 11.8 Å². The second-order valence-corrected chi connectivity index (χ2v) is 5.29. The lowest BCUT2D eigenvalue weighted by molar-refractivity contribution is -0.150. The molecule has 0 aliphatic carbocycles. The third-order valence-electron chi connectivity index (χ3n) is 3.55. The molecule has 4 N–H and O–H groups in total. The summed E-state index contributed by atoms with van der Waals surface area (Å²) >= 11 is 0. The topological polar surface area (TPSA) is 76.8 Å². The number of hydrogen-bond acceptors (Lipinski definition) is 4. The molecule has 0 aromatic heterocycles. The summed E-state index contributed by atoms with van der Waals surface area (Å²) in [4.78, 5) is 7.22. The Labute approximate surface area is 120 Å². The predicted molar refractivity (Wildman–Crippen MR) is 76.4 cm³/mol. The van der Waals surface area contributed by atoms with Crippen LogP contribution in [0.4, 0.5) is 13.2 Å². The summed E-state index contributed by atoms with van der Waals surface area (Å²) in [5, 5.41) is 0. The Bertz CT molecular complexity index is 592. The number of amidine groups is 1. The Kier molecular flexibility index (Phi) is 3.79. The van der Waals surface area contributed by atoms with Crippen LogP contribution in [-0.2, 0) is 5.41 Å². The number of hydrogen-bond donors (Lipinski definition) is 2. The number of rotatable bonds is 2. The highest BCUT2D eigenvalue weighted by Crippen LogP contribution is 2.42. The monoisotopic (exact) mass is 298 g/mol. The number of nitrogens with zero attached hydrogens (tertiary/aromatic N) is 2. The van der Waals surface area contributed by atoms with E-state index in [0.29, 0.717) is 0 Å². The van der Waals surface area contributed by atoms with Crippen LogP contribution >= 0.6 is 0 Å². The smallest absolute Gasteiger partial charge is 0.386 e. The van der Waals surface area contributed by atoms with Gasteiger partial charge in [0.15, 0.2) is 11.7 Å². The third-order valence-corrected chi connectivity index (χ3v) is 3.55. The summed E-state index contributed by atoms with van der Waals surface area (Å²) in [6, 6.07) is 6.22. The molecule has 0 bridgehead atoms. The highest BCUT2D eigenvalue weighted by atomic mass is 19.4. The van der Waals surface area contributed by atoms with Gasteiger partial charge in [-0.05, 0) is 17.0 Å². The Morgan fingerprint density at radius 2 is 1.95 bits per heavy atom. The zero-order valence-corrected chi connectivity index (χ0v) is 11.7. The minimum absolute atomic E-state index is 0.00176. The molecule has 0 saturated heterocycles. The maximum absolute atomic E-state index is 13.7. The standard InChI is InChI=1S/C14H17F3N4/c1-8(2)9-4-3-5-10(6-9)13(14(15,16)17)7-20-12(19)21-11(13)18/h3-8,12H,19H2,1-2H3,(H2,18,21). The number of nitrogens with two attached hydrogens (primary N) is 2. The molecule has 1 aliphatic rings. The van der Waals surface area contributed by atoms with Crippen molar-refractivity contribution in [2.75, 3.05) is 0 Å². The molecule has 0 amide bonds. The fourth-order valence-corrected chi connectivity index (χ4v) is 2.28. The van der Waals surface area contributed by atoms with Crippen molar-refractivity contribution < 1.29 is 13.2 Å². The molecule has 7 heteroatoms. The second-order valence-electron chi connectivity index (χ2n) is 5.29. The highest BCUT2D eigenvalue weighted by molar-refractivity contribution is 6.09. The van der Waals surface area contributed by atoms with Crippen LogP contribution in [0.2, 0.25) is 0 Å². The van der Waals surface area contributed by atoms with Gasteiger partial charge in [0.05, 0.1) is 0 Å². The van der Waals surface area contributed by atoms with E-state index in [2.05, 4.69) is 9.98 Å². The van der Waals surface area contributed by atoms with Crippen molar-refractivity contribution in [3.63, 3.8) is 0 Å². The minimum atomic E-state index is -4.65. The molecule has 2 atom stereocenters. The lowest BCUT2D eigenvalue weighted by Gasteiger charge is -2.35. The lowest BCUT2D eigenvalue weighted by Crippen LogP contribution is -2.56. The van der Waals surface area contributed by atoms with E-state index in [9.17, 15) is 13.2 Å². The fraction of sp³-hybridized carbons (Fsp3) is 0.429. The van der Waals surface area contributed by atoms with Crippen LogP contribution in [0, 0.1) is 0 Å². The van der Waals surface area contributed by atoms with E-state index < -0.39 is 23.7 Å². The van der Waals surface area contributed by atoms with Crippen molar-refractivity contribution in [1.29, 1.82) is 0 Å². The van der Waals surface area contributed by atoms with E-state index in [1.807, 2.05) is 13.8 Å². The zero-order valence-electron chi connectivity index (χ0n) is 11.7. The Morgan fingerprint density at radius 1 is 1.29 bits per heavy atom. The fourth-order valence-electron chi connectivity index (χ4n) is 2.28. The first kappa shape index (κ1) is 15.5. The van der Waals surface area contributed by atoms with Crippen LogP contribution in [0.1, 0.15) is 30.9 Å². The normalized spacial score (nSPS) is 26.0. The first-order valence-electron chi connectivity index (χ1n) is 6.49. The lowest BCUT2D eigenvalue weighted by atomic mass is 9.77. The summed E-state index contributed by atoms with van der Waals surface area (Å²) in [6.45, 7) is 3.81. The minimum Gasteiger partial charge on any atom is -0.386 e. The van der Waals surface area contributed by atoms with Gasteiger partial charge < -0.3 is 5.73 Å². The molecule has 21 heavy (non-hydrogen) atoms. The molecular weight excluding hydrogens is 281 g/mol. The molecule has 0 spiro atoms. The van der Waals surface area contributed by atoms with Gasteiger partial charge in [-0.2, -0.15) is 13.2 Å². The van der Waals surface area contributed by atoms with E-state index in [-0.39, 0.29) is 11.5 Å². The van der Waals surface area contributed by atoms with Gasteiger partial charge in [0.25, 0.3) is 0 Å². The molecule has 2 unspecified atom stereocenters. The average Bonchev–Trinajstić information content (AvgIpc) is 2.37. The van der Waals surface area contributed by atoms with Crippen molar-refractivity contribution in [1.82, 2.24) is 0 Å². The molecule has 114 valence electrons. The molecule has 0 radical (unpaired) electrons. The quantitative estimate of drug-likeness (QED) is 0.879. The Balaban J connectivity index is 2.66. The SMILES string of the molecule is CC(C)c1cccc(C2(C(F)(F)F)C=NC(N)N=C2N)c1. The molecule has 1 heterocycles. The Hall–Kier alpha value is -1.89. The van der Waals surface area contributed by atoms with Crippen LogP contribution in [0.3, 0.4) is 0 Å². The molecule has 4 nitrogen and oxygen atoms in total. The molecule has 0 saturated carbocycles. The van der Waals surface area contributed by atoms with Gasteiger partial charge >= 0.3 is 6.18 Å². The summed E-state index contributed by atoms with van der Waals surface area (Å²) < 4.78 is 41.1. The molecular formula is C14H17F3N4. The van der Waals surface area contributed by atoms with Crippen molar-refractivity contribution in [2.24, 2.45) is 21.5 Å². The van der Waals surface area contributed by atoms with Gasteiger partial charge in [-0.1, -0.05) is 38.1 Å². The van der Waals surface area contributed by atoms with E-state index in [1.54, 1.807) is 12.1 Å². The van der Waals surface area contributed by atoms with Crippen LogP contribution in [0.15, 0.2) is 34.3 Å². The predicted octanol–water partition coefficient (Wildman–Crippen LogP) is 2.29. The number of aliphatic imine (C=N–C) groups is 2. The molecule has 2 rings (SSSR count). The first-order chi connectivity index (χ1) is 9.68. The maximum Gasteiger partial charge on any atom is 0.410 e. The highest BCUT2D eigenvalue weighted by Gasteiger charge is 2.59. The van der Waals surface area contributed by atoms with Crippen LogP contribution in [-0.4, -0.2) is 24.5 Å². The summed E-state index contributed by atoms with van der Waals surface area (Å²) in [7, 11) is 0. The van der Waals surface area contributed by atoms with E-state index in [4.69, 9.17) is 11.5 Å². The number of alkyl halides is 3. The summed E-state index contributed by atoms with van der Waals surface area (Å²) in [5.74, 6) is -0.491. The third kappa shape index (κ3) is 2.53. The van der Waals surface area contributed by atoms with Gasteiger partial charge in [-0.25, -0.2) is 4.99 Å². The van der Waals surface area contributed by atoms with Gasteiger partial charge in [-0.15, -0.1) is 0 Å². The Morgan fingerprint density at radius 3 is 2.48 bits per heavy atom. The van der Waals surface area contributed by atoms with E-state index >= 15 is 0 Å². The maximum atomic E-state index is 13.7. The van der Waals surface area contributed by atoms with Gasteiger partial charge in [0.2, 0.25) is 0 Å². The van der Waals surface area contributed by atoms with Crippen LogP contribution in [0.5, 0.6) is 0 Å². The first-order valence-corrected chi connectivity index (χ1v) is 6.49. The number of halogens is 3. The second kappa shape index (κ2) is 5.14. The largest absolute Gasteiger partial charge is 0.410 e. The molecule has 0 fully saturated rings.